The Hall–Kier alpha value is -1.74. The fraction of sp³-hybridized carbons (Fsp3) is 0.733. The van der Waals surface area contributed by atoms with Crippen molar-refractivity contribution in [2.75, 3.05) is 32.7 Å². The number of amides is 1. The maximum Gasteiger partial charge on any atom is 0.506 e. The monoisotopic (exact) mass is 294 g/mol. The number of carboxylic acid groups (broad SMARTS) is 1. The lowest BCUT2D eigenvalue weighted by Crippen LogP contribution is -2.33. The van der Waals surface area contributed by atoms with E-state index in [-0.39, 0.29) is 11.8 Å². The minimum atomic E-state index is -1.33. The number of likely N-dealkylation sites (tertiary alicyclic amines) is 2. The van der Waals surface area contributed by atoms with Gasteiger partial charge in [0.15, 0.2) is 0 Å². The number of carbonyl (C=O) groups excluding carboxylic acids is 1. The van der Waals surface area contributed by atoms with Gasteiger partial charge in [-0.1, -0.05) is 11.8 Å². The molecule has 2 saturated heterocycles. The van der Waals surface area contributed by atoms with Crippen molar-refractivity contribution in [3.05, 3.63) is 0 Å². The Balaban J connectivity index is 1.76. The van der Waals surface area contributed by atoms with E-state index < -0.39 is 12.3 Å². The predicted molar refractivity (Wildman–Crippen MR) is 76.7 cm³/mol. The van der Waals surface area contributed by atoms with Crippen molar-refractivity contribution in [1.29, 1.82) is 0 Å². The normalized spacial score (nSPS) is 23.8. The van der Waals surface area contributed by atoms with Crippen molar-refractivity contribution in [2.24, 2.45) is 5.92 Å². The molecule has 116 valence electrons. The summed E-state index contributed by atoms with van der Waals surface area (Å²) < 4.78 is 4.67. The molecular formula is C15H22N2O4. The summed E-state index contributed by atoms with van der Waals surface area (Å²) in [6.45, 7) is 5.66. The quantitative estimate of drug-likeness (QED) is 0.619. The highest BCUT2D eigenvalue weighted by Gasteiger charge is 2.36. The van der Waals surface area contributed by atoms with E-state index in [1.165, 1.54) is 12.8 Å². The Labute approximate surface area is 125 Å². The molecular weight excluding hydrogens is 272 g/mol. The van der Waals surface area contributed by atoms with Crippen molar-refractivity contribution >= 4 is 12.1 Å². The minimum Gasteiger partial charge on any atom is -0.450 e. The number of hydrogen-bond donors (Lipinski definition) is 1. The summed E-state index contributed by atoms with van der Waals surface area (Å²) in [6, 6.07) is 0. The molecule has 2 heterocycles. The molecule has 0 aromatic carbocycles. The third-order valence-corrected chi connectivity index (χ3v) is 4.09. The van der Waals surface area contributed by atoms with Crippen LogP contribution in [0.25, 0.3) is 0 Å². The van der Waals surface area contributed by atoms with Gasteiger partial charge in [-0.05, 0) is 39.3 Å². The molecule has 2 rings (SSSR count). The first-order valence-corrected chi connectivity index (χ1v) is 7.44. The molecule has 2 fully saturated rings. The molecule has 0 aromatic rings. The van der Waals surface area contributed by atoms with Gasteiger partial charge in [-0.25, -0.2) is 4.79 Å². The summed E-state index contributed by atoms with van der Waals surface area (Å²) in [4.78, 5) is 26.7. The zero-order chi connectivity index (χ0) is 15.2. The van der Waals surface area contributed by atoms with E-state index in [1.807, 2.05) is 0 Å². The second-order valence-corrected chi connectivity index (χ2v) is 5.58. The van der Waals surface area contributed by atoms with Gasteiger partial charge in [0.2, 0.25) is 5.91 Å². The number of rotatable bonds is 4. The summed E-state index contributed by atoms with van der Waals surface area (Å²) in [5.74, 6) is 5.72. The highest BCUT2D eigenvalue weighted by molar-refractivity contribution is 5.82. The molecule has 21 heavy (non-hydrogen) atoms. The fourth-order valence-corrected chi connectivity index (χ4v) is 2.86. The van der Waals surface area contributed by atoms with Crippen LogP contribution < -0.4 is 0 Å². The summed E-state index contributed by atoms with van der Waals surface area (Å²) in [7, 11) is 0. The van der Waals surface area contributed by atoms with Crippen LogP contribution in [0.4, 0.5) is 4.79 Å². The number of ether oxygens (including phenoxy) is 1. The molecule has 2 aliphatic heterocycles. The largest absolute Gasteiger partial charge is 0.506 e. The highest BCUT2D eigenvalue weighted by atomic mass is 16.7. The predicted octanol–water partition coefficient (Wildman–Crippen LogP) is 1.02. The van der Waals surface area contributed by atoms with E-state index in [1.54, 1.807) is 11.8 Å². The fourth-order valence-electron chi connectivity index (χ4n) is 2.86. The van der Waals surface area contributed by atoms with Crippen LogP contribution in [-0.4, -0.2) is 65.8 Å². The Bertz CT molecular complexity index is 448. The van der Waals surface area contributed by atoms with Crippen LogP contribution in [0.2, 0.25) is 0 Å². The lowest BCUT2D eigenvalue weighted by molar-refractivity contribution is -0.133. The van der Waals surface area contributed by atoms with Gasteiger partial charge in [-0.3, -0.25) is 9.69 Å². The molecule has 0 aromatic heterocycles. The zero-order valence-corrected chi connectivity index (χ0v) is 12.4. The molecule has 0 aliphatic carbocycles. The highest BCUT2D eigenvalue weighted by Crippen LogP contribution is 2.23. The molecule has 0 saturated carbocycles. The Morgan fingerprint density at radius 1 is 1.33 bits per heavy atom. The van der Waals surface area contributed by atoms with E-state index in [2.05, 4.69) is 21.5 Å². The molecule has 0 spiro atoms. The summed E-state index contributed by atoms with van der Waals surface area (Å²) in [5.41, 5.74) is 0. The Morgan fingerprint density at radius 3 is 2.67 bits per heavy atom. The van der Waals surface area contributed by atoms with Gasteiger partial charge in [-0.15, -0.1) is 0 Å². The van der Waals surface area contributed by atoms with Crippen LogP contribution in [0.5, 0.6) is 0 Å². The van der Waals surface area contributed by atoms with Crippen LogP contribution in [0.1, 0.15) is 26.2 Å². The lowest BCUT2D eigenvalue weighted by Gasteiger charge is -2.17. The molecule has 6 nitrogen and oxygen atoms in total. The van der Waals surface area contributed by atoms with Crippen molar-refractivity contribution in [1.82, 2.24) is 9.80 Å². The Kier molecular flexibility index (Phi) is 5.45. The first kappa shape index (κ1) is 15.6. The molecule has 1 unspecified atom stereocenters. The smallest absolute Gasteiger partial charge is 0.450 e. The Morgan fingerprint density at radius 2 is 2.00 bits per heavy atom. The van der Waals surface area contributed by atoms with Gasteiger partial charge in [0, 0.05) is 6.54 Å². The van der Waals surface area contributed by atoms with Crippen LogP contribution in [0.3, 0.4) is 0 Å². The van der Waals surface area contributed by atoms with Crippen LogP contribution in [-0.2, 0) is 9.53 Å². The third-order valence-electron chi connectivity index (χ3n) is 4.09. The number of hydrogen-bond acceptors (Lipinski definition) is 4. The average Bonchev–Trinajstić information content (AvgIpc) is 3.04. The molecule has 0 radical (unpaired) electrons. The zero-order valence-electron chi connectivity index (χ0n) is 12.4. The van der Waals surface area contributed by atoms with Crippen LogP contribution in [0.15, 0.2) is 0 Å². The van der Waals surface area contributed by atoms with E-state index in [9.17, 15) is 9.59 Å². The third kappa shape index (κ3) is 4.36. The van der Waals surface area contributed by atoms with Crippen LogP contribution >= 0.6 is 0 Å². The molecule has 0 bridgehead atoms. The SMILES string of the molecule is CC(OC(=O)O)[C@H]1CCN(CC#CCN2CCCC2)C1=O. The molecule has 1 N–H and O–H groups in total. The van der Waals surface area contributed by atoms with E-state index in [0.717, 1.165) is 19.6 Å². The molecule has 2 aliphatic rings. The molecule has 2 atom stereocenters. The van der Waals surface area contributed by atoms with E-state index >= 15 is 0 Å². The van der Waals surface area contributed by atoms with Crippen molar-refractivity contribution in [2.45, 2.75) is 32.3 Å². The van der Waals surface area contributed by atoms with Gasteiger partial charge in [0.25, 0.3) is 0 Å². The van der Waals surface area contributed by atoms with E-state index in [0.29, 0.717) is 19.5 Å². The summed E-state index contributed by atoms with van der Waals surface area (Å²) in [6.07, 6.45) is 1.18. The average molecular weight is 294 g/mol. The van der Waals surface area contributed by atoms with Crippen LogP contribution in [0, 0.1) is 17.8 Å². The first-order chi connectivity index (χ1) is 10.1. The van der Waals surface area contributed by atoms with Gasteiger partial charge in [-0.2, -0.15) is 0 Å². The van der Waals surface area contributed by atoms with Gasteiger partial charge < -0.3 is 14.7 Å². The number of carbonyl (C=O) groups is 2. The van der Waals surface area contributed by atoms with Gasteiger partial charge >= 0.3 is 6.16 Å². The minimum absolute atomic E-state index is 0.0563. The second-order valence-electron chi connectivity index (χ2n) is 5.58. The standard InChI is InChI=1S/C15H22N2O4/c1-12(21-15(19)20)13-6-11-17(14(13)18)10-5-4-9-16-7-2-3-8-16/h12-13H,2-3,6-11H2,1H3,(H,19,20)/t12?,13-/m1/s1. The molecule has 1 amide bonds. The van der Waals surface area contributed by atoms with E-state index in [4.69, 9.17) is 5.11 Å². The van der Waals surface area contributed by atoms with Crippen molar-refractivity contribution in [3.63, 3.8) is 0 Å². The summed E-state index contributed by atoms with van der Waals surface area (Å²) >= 11 is 0. The van der Waals surface area contributed by atoms with Gasteiger partial charge in [0.1, 0.15) is 6.10 Å². The first-order valence-electron chi connectivity index (χ1n) is 7.44. The van der Waals surface area contributed by atoms with Crippen molar-refractivity contribution < 1.29 is 19.4 Å². The second kappa shape index (κ2) is 7.32. The van der Waals surface area contributed by atoms with Gasteiger partial charge in [0.05, 0.1) is 19.0 Å². The number of nitrogens with zero attached hydrogens (tertiary/aromatic N) is 2. The van der Waals surface area contributed by atoms with Crippen molar-refractivity contribution in [3.8, 4) is 11.8 Å². The lowest BCUT2D eigenvalue weighted by atomic mass is 10.0. The maximum atomic E-state index is 12.2. The topological polar surface area (TPSA) is 70.1 Å². The summed E-state index contributed by atoms with van der Waals surface area (Å²) in [5, 5.41) is 8.60. The maximum absolute atomic E-state index is 12.2. The molecule has 6 heteroatoms.